The van der Waals surface area contributed by atoms with Crippen LogP contribution in [0.25, 0.3) is 0 Å². The molecule has 1 aliphatic rings. The maximum absolute atomic E-state index is 10.9. The second kappa shape index (κ2) is 6.32. The zero-order chi connectivity index (χ0) is 14.7. The van der Waals surface area contributed by atoms with E-state index >= 15 is 0 Å². The summed E-state index contributed by atoms with van der Waals surface area (Å²) in [4.78, 5) is 10.5. The highest BCUT2D eigenvalue weighted by atomic mass is 16.6. The Morgan fingerprint density at radius 3 is 2.80 bits per heavy atom. The van der Waals surface area contributed by atoms with Crippen molar-refractivity contribution in [2.24, 2.45) is 5.92 Å². The normalized spacial score (nSPS) is 16.4. The molecule has 0 saturated heterocycles. The van der Waals surface area contributed by atoms with Crippen LogP contribution in [-0.4, -0.2) is 39.0 Å². The zero-order valence-corrected chi connectivity index (χ0v) is 12.0. The van der Waals surface area contributed by atoms with Gasteiger partial charge in [0, 0.05) is 6.54 Å². The fourth-order valence-electron chi connectivity index (χ4n) is 2.38. The van der Waals surface area contributed by atoms with E-state index in [1.54, 1.807) is 13.8 Å². The van der Waals surface area contributed by atoms with Crippen molar-refractivity contribution in [3.63, 3.8) is 0 Å². The Morgan fingerprint density at radius 1 is 1.55 bits per heavy atom. The number of aliphatic hydroxyl groups is 1. The maximum atomic E-state index is 10.9. The number of hydrogen-bond acceptors (Lipinski definition) is 5. The molecule has 1 unspecified atom stereocenters. The maximum Gasteiger partial charge on any atom is 0.312 e. The molecule has 7 nitrogen and oxygen atoms in total. The van der Waals surface area contributed by atoms with Crippen LogP contribution in [0.2, 0.25) is 0 Å². The van der Waals surface area contributed by atoms with Crippen molar-refractivity contribution in [3.8, 4) is 0 Å². The van der Waals surface area contributed by atoms with Gasteiger partial charge in [-0.1, -0.05) is 12.8 Å². The van der Waals surface area contributed by atoms with Crippen LogP contribution in [0.1, 0.15) is 30.7 Å². The largest absolute Gasteiger partial charge is 0.390 e. The van der Waals surface area contributed by atoms with E-state index in [1.165, 1.54) is 17.5 Å². The molecule has 2 rings (SSSR count). The Balaban J connectivity index is 1.82. The van der Waals surface area contributed by atoms with E-state index in [0.29, 0.717) is 17.9 Å². The molecule has 1 aromatic rings. The fourth-order valence-corrected chi connectivity index (χ4v) is 2.38. The Labute approximate surface area is 118 Å². The summed E-state index contributed by atoms with van der Waals surface area (Å²) in [6, 6.07) is 0. The highest BCUT2D eigenvalue weighted by molar-refractivity contribution is 5.39. The Kier molecular flexibility index (Phi) is 4.72. The molecule has 0 aliphatic heterocycles. The van der Waals surface area contributed by atoms with Gasteiger partial charge in [0.15, 0.2) is 0 Å². The van der Waals surface area contributed by atoms with E-state index < -0.39 is 11.0 Å². The number of hydrogen-bond donors (Lipinski definition) is 2. The number of nitrogens with zero attached hydrogens (tertiary/aromatic N) is 3. The van der Waals surface area contributed by atoms with Gasteiger partial charge in [-0.2, -0.15) is 5.10 Å². The quantitative estimate of drug-likeness (QED) is 0.424. The molecule has 1 heterocycles. The van der Waals surface area contributed by atoms with Crippen LogP contribution in [0.3, 0.4) is 0 Å². The van der Waals surface area contributed by atoms with Crippen molar-refractivity contribution in [1.29, 1.82) is 0 Å². The van der Waals surface area contributed by atoms with Gasteiger partial charge in [-0.05, 0) is 32.7 Å². The molecule has 112 valence electrons. The van der Waals surface area contributed by atoms with Gasteiger partial charge in [0.1, 0.15) is 11.4 Å². The SMILES string of the molecule is Cc1nn(CC(O)CNCCC2CC2)c(C)c1[N+](=O)[O-]. The fraction of sp³-hybridized carbons (Fsp3) is 0.769. The van der Waals surface area contributed by atoms with Crippen LogP contribution in [0.5, 0.6) is 0 Å². The second-order valence-electron chi connectivity index (χ2n) is 5.55. The molecule has 2 N–H and O–H groups in total. The molecule has 0 spiro atoms. The zero-order valence-electron chi connectivity index (χ0n) is 12.0. The van der Waals surface area contributed by atoms with Crippen molar-refractivity contribution >= 4 is 5.69 Å². The first-order chi connectivity index (χ1) is 9.49. The van der Waals surface area contributed by atoms with E-state index in [0.717, 1.165) is 18.9 Å². The smallest absolute Gasteiger partial charge is 0.312 e. The average molecular weight is 282 g/mol. The molecule has 7 heteroatoms. The van der Waals surface area contributed by atoms with Crippen molar-refractivity contribution in [1.82, 2.24) is 15.1 Å². The number of aromatic nitrogens is 2. The molecule has 1 fully saturated rings. The predicted octanol–water partition coefficient (Wildman–Crippen LogP) is 1.16. The van der Waals surface area contributed by atoms with Gasteiger partial charge in [0.25, 0.3) is 0 Å². The number of rotatable bonds is 8. The number of aliphatic hydroxyl groups excluding tert-OH is 1. The van der Waals surface area contributed by atoms with Crippen LogP contribution < -0.4 is 5.32 Å². The predicted molar refractivity (Wildman–Crippen MR) is 74.6 cm³/mol. The Bertz CT molecular complexity index is 482. The molecule has 1 saturated carbocycles. The van der Waals surface area contributed by atoms with E-state index in [-0.39, 0.29) is 12.2 Å². The van der Waals surface area contributed by atoms with Gasteiger partial charge in [-0.15, -0.1) is 0 Å². The van der Waals surface area contributed by atoms with Crippen molar-refractivity contribution in [2.75, 3.05) is 13.1 Å². The van der Waals surface area contributed by atoms with Crippen LogP contribution >= 0.6 is 0 Å². The summed E-state index contributed by atoms with van der Waals surface area (Å²) < 4.78 is 1.51. The molecular formula is C13H22N4O3. The van der Waals surface area contributed by atoms with Crippen LogP contribution in [0.15, 0.2) is 0 Å². The minimum atomic E-state index is -0.591. The lowest BCUT2D eigenvalue weighted by Crippen LogP contribution is -2.31. The lowest BCUT2D eigenvalue weighted by Gasteiger charge is -2.12. The molecule has 0 bridgehead atoms. The Hall–Kier alpha value is -1.47. The van der Waals surface area contributed by atoms with Gasteiger partial charge in [-0.25, -0.2) is 0 Å². The molecule has 1 aliphatic carbocycles. The van der Waals surface area contributed by atoms with Crippen LogP contribution in [0, 0.1) is 29.9 Å². The second-order valence-corrected chi connectivity index (χ2v) is 5.55. The van der Waals surface area contributed by atoms with E-state index in [1.807, 2.05) is 0 Å². The third-order valence-electron chi connectivity index (χ3n) is 3.72. The summed E-state index contributed by atoms with van der Waals surface area (Å²) in [6.07, 6.45) is 3.24. The summed E-state index contributed by atoms with van der Waals surface area (Å²) in [5.41, 5.74) is 0.921. The third-order valence-corrected chi connectivity index (χ3v) is 3.72. The topological polar surface area (TPSA) is 93.2 Å². The van der Waals surface area contributed by atoms with Crippen molar-refractivity contribution in [2.45, 2.75) is 45.8 Å². The van der Waals surface area contributed by atoms with Gasteiger partial charge in [-0.3, -0.25) is 14.8 Å². The average Bonchev–Trinajstić information content (AvgIpc) is 3.13. The van der Waals surface area contributed by atoms with Crippen molar-refractivity contribution in [3.05, 3.63) is 21.5 Å². The molecule has 0 radical (unpaired) electrons. The van der Waals surface area contributed by atoms with E-state index in [2.05, 4.69) is 10.4 Å². The summed E-state index contributed by atoms with van der Waals surface area (Å²) in [5, 5.41) is 28.2. The van der Waals surface area contributed by atoms with E-state index in [9.17, 15) is 15.2 Å². The highest BCUT2D eigenvalue weighted by Gasteiger charge is 2.23. The molecule has 20 heavy (non-hydrogen) atoms. The first-order valence-corrected chi connectivity index (χ1v) is 7.06. The number of nitro groups is 1. The molecule has 1 aromatic heterocycles. The lowest BCUT2D eigenvalue weighted by molar-refractivity contribution is -0.386. The first-order valence-electron chi connectivity index (χ1n) is 7.06. The first kappa shape index (κ1) is 14.9. The van der Waals surface area contributed by atoms with E-state index in [4.69, 9.17) is 0 Å². The minimum absolute atomic E-state index is 0.0406. The third kappa shape index (κ3) is 3.77. The van der Waals surface area contributed by atoms with Gasteiger partial charge in [0.2, 0.25) is 0 Å². The molecule has 0 aromatic carbocycles. The number of nitrogens with one attached hydrogen (secondary N) is 1. The van der Waals surface area contributed by atoms with Gasteiger partial charge >= 0.3 is 5.69 Å². The van der Waals surface area contributed by atoms with Crippen molar-refractivity contribution < 1.29 is 10.0 Å². The standard InChI is InChI=1S/C13H22N4O3/c1-9-13(17(19)20)10(2)16(15-9)8-12(18)7-14-6-5-11-3-4-11/h11-12,14,18H,3-8H2,1-2H3. The monoisotopic (exact) mass is 282 g/mol. The summed E-state index contributed by atoms with van der Waals surface area (Å²) >= 11 is 0. The summed E-state index contributed by atoms with van der Waals surface area (Å²) in [6.45, 7) is 4.95. The minimum Gasteiger partial charge on any atom is -0.390 e. The van der Waals surface area contributed by atoms with Gasteiger partial charge in [0.05, 0.1) is 17.6 Å². The summed E-state index contributed by atoms with van der Waals surface area (Å²) in [5.74, 6) is 0.873. The van der Waals surface area contributed by atoms with Crippen LogP contribution in [-0.2, 0) is 6.54 Å². The lowest BCUT2D eigenvalue weighted by atomic mass is 10.3. The molecule has 1 atom stereocenters. The Morgan fingerprint density at radius 2 is 2.25 bits per heavy atom. The van der Waals surface area contributed by atoms with Gasteiger partial charge < -0.3 is 10.4 Å². The number of aryl methyl sites for hydroxylation is 1. The molecule has 0 amide bonds. The van der Waals surface area contributed by atoms with Crippen LogP contribution in [0.4, 0.5) is 5.69 Å². The highest BCUT2D eigenvalue weighted by Crippen LogP contribution is 2.31. The summed E-state index contributed by atoms with van der Waals surface area (Å²) in [7, 11) is 0. The molecular weight excluding hydrogens is 260 g/mol.